The van der Waals surface area contributed by atoms with E-state index >= 15 is 0 Å². The van der Waals surface area contributed by atoms with Crippen LogP contribution in [0.3, 0.4) is 0 Å². The van der Waals surface area contributed by atoms with E-state index in [0.29, 0.717) is 12.1 Å². The van der Waals surface area contributed by atoms with Crippen LogP contribution in [0, 0.1) is 5.92 Å². The van der Waals surface area contributed by atoms with Gasteiger partial charge in [-0.05, 0) is 30.5 Å². The summed E-state index contributed by atoms with van der Waals surface area (Å²) in [7, 11) is 0. The second-order valence-corrected chi connectivity index (χ2v) is 4.37. The molecule has 120 valence electrons. The highest BCUT2D eigenvalue weighted by Crippen LogP contribution is 2.42. The van der Waals surface area contributed by atoms with E-state index in [9.17, 15) is 39.5 Å². The first kappa shape index (κ1) is 17.6. The van der Waals surface area contributed by atoms with Crippen molar-refractivity contribution in [2.45, 2.75) is 31.4 Å². The van der Waals surface area contributed by atoms with Gasteiger partial charge in [0.05, 0.1) is 5.56 Å². The third kappa shape index (κ3) is 5.13. The highest BCUT2D eigenvalue weighted by atomic mass is 19.4. The Bertz CT molecular complexity index is 436. The summed E-state index contributed by atoms with van der Waals surface area (Å²) in [6, 6.07) is 2.97. The maximum atomic E-state index is 12.3. The predicted molar refractivity (Wildman–Crippen MR) is 55.4 cm³/mol. The largest absolute Gasteiger partial charge is 0.416 e. The van der Waals surface area contributed by atoms with Gasteiger partial charge in [-0.15, -0.1) is 0 Å². The second kappa shape index (κ2) is 5.76. The van der Waals surface area contributed by atoms with Crippen molar-refractivity contribution < 1.29 is 39.5 Å². The summed E-state index contributed by atoms with van der Waals surface area (Å²) in [5.74, 6) is -3.49. The van der Waals surface area contributed by atoms with Crippen LogP contribution in [-0.2, 0) is 12.6 Å². The van der Waals surface area contributed by atoms with Crippen LogP contribution in [0.5, 0.6) is 0 Å². The number of alkyl halides is 9. The van der Waals surface area contributed by atoms with Gasteiger partial charge in [-0.3, -0.25) is 0 Å². The van der Waals surface area contributed by atoms with Crippen molar-refractivity contribution in [3.8, 4) is 0 Å². The van der Waals surface area contributed by atoms with Gasteiger partial charge in [0, 0.05) is 0 Å². The average molecular weight is 324 g/mol. The van der Waals surface area contributed by atoms with Crippen LogP contribution in [0.2, 0.25) is 0 Å². The monoisotopic (exact) mass is 324 g/mol. The fourth-order valence-corrected chi connectivity index (χ4v) is 1.68. The van der Waals surface area contributed by atoms with Crippen LogP contribution >= 0.6 is 0 Å². The number of benzene rings is 1. The van der Waals surface area contributed by atoms with Crippen molar-refractivity contribution in [3.63, 3.8) is 0 Å². The maximum Gasteiger partial charge on any atom is 0.416 e. The fourth-order valence-electron chi connectivity index (χ4n) is 1.68. The molecule has 0 aliphatic rings. The van der Waals surface area contributed by atoms with Gasteiger partial charge in [0.2, 0.25) is 0 Å². The van der Waals surface area contributed by atoms with E-state index in [-0.39, 0.29) is 5.56 Å². The van der Waals surface area contributed by atoms with Crippen molar-refractivity contribution in [3.05, 3.63) is 35.4 Å². The minimum Gasteiger partial charge on any atom is -0.170 e. The van der Waals surface area contributed by atoms with Crippen molar-refractivity contribution >= 4 is 0 Å². The molecule has 0 N–H and O–H groups in total. The molecule has 0 saturated heterocycles. The lowest BCUT2D eigenvalue weighted by Gasteiger charge is -2.22. The molecule has 0 bridgehead atoms. The van der Waals surface area contributed by atoms with Gasteiger partial charge < -0.3 is 0 Å². The zero-order valence-corrected chi connectivity index (χ0v) is 10.2. The molecule has 0 radical (unpaired) electrons. The lowest BCUT2D eigenvalue weighted by atomic mass is 9.98. The van der Waals surface area contributed by atoms with Crippen LogP contribution in [0.4, 0.5) is 39.5 Å². The van der Waals surface area contributed by atoms with Crippen molar-refractivity contribution in [2.24, 2.45) is 5.92 Å². The van der Waals surface area contributed by atoms with E-state index in [1.165, 1.54) is 0 Å². The summed E-state index contributed by atoms with van der Waals surface area (Å²) in [6.45, 7) is 0. The Morgan fingerprint density at radius 1 is 0.714 bits per heavy atom. The molecule has 0 spiro atoms. The second-order valence-electron chi connectivity index (χ2n) is 4.37. The van der Waals surface area contributed by atoms with Gasteiger partial charge in [0.15, 0.2) is 5.92 Å². The molecule has 1 rings (SSSR count). The molecular weight excluding hydrogens is 315 g/mol. The minimum absolute atomic E-state index is 0.0264. The number of rotatable bonds is 3. The van der Waals surface area contributed by atoms with Crippen LogP contribution in [0.25, 0.3) is 0 Å². The Kier molecular flexibility index (Phi) is 4.84. The molecule has 0 fully saturated rings. The SMILES string of the molecule is FC(F)(F)c1ccc(CCC(C(F)(F)F)C(F)(F)F)cc1. The summed E-state index contributed by atoms with van der Waals surface area (Å²) in [4.78, 5) is 0. The van der Waals surface area contributed by atoms with Gasteiger partial charge in [-0.1, -0.05) is 12.1 Å². The first-order valence-corrected chi connectivity index (χ1v) is 5.61. The number of halogens is 9. The molecule has 0 amide bonds. The van der Waals surface area contributed by atoms with Crippen LogP contribution in [-0.4, -0.2) is 12.4 Å². The van der Waals surface area contributed by atoms with Gasteiger partial charge >= 0.3 is 18.5 Å². The van der Waals surface area contributed by atoms with E-state index in [4.69, 9.17) is 0 Å². The first-order valence-electron chi connectivity index (χ1n) is 5.61. The van der Waals surface area contributed by atoms with E-state index in [1.807, 2.05) is 0 Å². The maximum absolute atomic E-state index is 12.3. The van der Waals surface area contributed by atoms with E-state index in [2.05, 4.69) is 0 Å². The molecule has 0 atom stereocenters. The standard InChI is InChI=1S/C12H9F9/c13-10(14,15)8-4-1-7(2-5-8)3-6-9(11(16,17)18)12(19,20)21/h1-2,4-5,9H,3,6H2. The third-order valence-corrected chi connectivity index (χ3v) is 2.79. The Morgan fingerprint density at radius 3 is 1.48 bits per heavy atom. The van der Waals surface area contributed by atoms with Crippen LogP contribution < -0.4 is 0 Å². The fraction of sp³-hybridized carbons (Fsp3) is 0.500. The highest BCUT2D eigenvalue weighted by Gasteiger charge is 2.55. The topological polar surface area (TPSA) is 0 Å². The van der Waals surface area contributed by atoms with Gasteiger partial charge in [0.1, 0.15) is 0 Å². The van der Waals surface area contributed by atoms with E-state index < -0.39 is 42.9 Å². The van der Waals surface area contributed by atoms with Gasteiger partial charge in [-0.25, -0.2) is 0 Å². The smallest absolute Gasteiger partial charge is 0.170 e. The molecule has 0 aromatic heterocycles. The average Bonchev–Trinajstić information content (AvgIpc) is 2.24. The van der Waals surface area contributed by atoms with Gasteiger partial charge in [0.25, 0.3) is 0 Å². The Labute approximate surface area is 113 Å². The molecule has 0 aliphatic heterocycles. The number of aryl methyl sites for hydroxylation is 1. The van der Waals surface area contributed by atoms with Crippen LogP contribution in [0.15, 0.2) is 24.3 Å². The van der Waals surface area contributed by atoms with E-state index in [0.717, 1.165) is 12.1 Å². The molecule has 1 aromatic carbocycles. The number of hydrogen-bond acceptors (Lipinski definition) is 0. The predicted octanol–water partition coefficient (Wildman–Crippen LogP) is 5.38. The normalized spacial score (nSPS) is 13.8. The molecule has 1 aromatic rings. The summed E-state index contributed by atoms with van der Waals surface area (Å²) in [5.41, 5.74) is -1.05. The highest BCUT2D eigenvalue weighted by molar-refractivity contribution is 5.24. The summed E-state index contributed by atoms with van der Waals surface area (Å²) >= 11 is 0. The Balaban J connectivity index is 2.78. The van der Waals surface area contributed by atoms with Crippen molar-refractivity contribution in [2.75, 3.05) is 0 Å². The lowest BCUT2D eigenvalue weighted by molar-refractivity contribution is -0.285. The molecule has 21 heavy (non-hydrogen) atoms. The van der Waals surface area contributed by atoms with E-state index in [1.54, 1.807) is 0 Å². The van der Waals surface area contributed by atoms with Gasteiger partial charge in [-0.2, -0.15) is 39.5 Å². The third-order valence-electron chi connectivity index (χ3n) is 2.79. The molecule has 0 unspecified atom stereocenters. The van der Waals surface area contributed by atoms with Crippen LogP contribution in [0.1, 0.15) is 17.5 Å². The van der Waals surface area contributed by atoms with Crippen molar-refractivity contribution in [1.29, 1.82) is 0 Å². The molecule has 9 heteroatoms. The molecule has 0 saturated carbocycles. The molecule has 0 heterocycles. The first-order chi connectivity index (χ1) is 9.32. The Hall–Kier alpha value is -1.41. The zero-order chi connectivity index (χ0) is 16.5. The van der Waals surface area contributed by atoms with Crippen molar-refractivity contribution in [1.82, 2.24) is 0 Å². The molecule has 0 nitrogen and oxygen atoms in total. The minimum atomic E-state index is -5.44. The molecule has 0 aliphatic carbocycles. The summed E-state index contributed by atoms with van der Waals surface area (Å²) < 4.78 is 110. The quantitative estimate of drug-likeness (QED) is 0.655. The molecular formula is C12H9F9. The zero-order valence-electron chi connectivity index (χ0n) is 10.2. The lowest BCUT2D eigenvalue weighted by Crippen LogP contribution is -2.36. The summed E-state index contributed by atoms with van der Waals surface area (Å²) in [5, 5.41) is 0. The Morgan fingerprint density at radius 2 is 1.14 bits per heavy atom. The summed E-state index contributed by atoms with van der Waals surface area (Å²) in [6.07, 6.45) is -17.4. The number of hydrogen-bond donors (Lipinski definition) is 0.